The lowest BCUT2D eigenvalue weighted by Gasteiger charge is -2.27. The van der Waals surface area contributed by atoms with E-state index in [1.165, 1.54) is 24.3 Å². The smallest absolute Gasteiger partial charge is 0.270 e. The third-order valence-corrected chi connectivity index (χ3v) is 6.02. The molecule has 1 aliphatic heterocycles. The van der Waals surface area contributed by atoms with Gasteiger partial charge < -0.3 is 15.1 Å². The first-order valence-electron chi connectivity index (χ1n) is 11.1. The monoisotopic (exact) mass is 458 g/mol. The molecule has 0 radical (unpaired) electrons. The molecule has 3 aromatic rings. The molecule has 3 aromatic carbocycles. The number of nitro groups is 1. The van der Waals surface area contributed by atoms with Crippen molar-refractivity contribution in [3.8, 4) is 0 Å². The number of carbonyl (C=O) groups is 2. The summed E-state index contributed by atoms with van der Waals surface area (Å²) in [7, 11) is 4.11. The van der Waals surface area contributed by atoms with Crippen molar-refractivity contribution in [1.82, 2.24) is 4.90 Å². The van der Waals surface area contributed by atoms with E-state index in [1.54, 1.807) is 24.3 Å². The van der Waals surface area contributed by atoms with Gasteiger partial charge in [0.25, 0.3) is 17.5 Å². The van der Waals surface area contributed by atoms with Crippen LogP contribution in [0.25, 0.3) is 0 Å². The minimum atomic E-state index is -0.543. The van der Waals surface area contributed by atoms with E-state index in [9.17, 15) is 19.7 Å². The van der Waals surface area contributed by atoms with Crippen molar-refractivity contribution in [2.75, 3.05) is 30.9 Å². The lowest BCUT2D eigenvalue weighted by Crippen LogP contribution is -2.31. The highest BCUT2D eigenvalue weighted by Crippen LogP contribution is 2.36. The summed E-state index contributed by atoms with van der Waals surface area (Å²) < 4.78 is 0. The predicted octanol–water partition coefficient (Wildman–Crippen LogP) is 4.89. The fourth-order valence-electron chi connectivity index (χ4n) is 4.30. The van der Waals surface area contributed by atoms with Crippen LogP contribution in [-0.4, -0.2) is 42.3 Å². The van der Waals surface area contributed by atoms with Crippen molar-refractivity contribution < 1.29 is 14.5 Å². The molecule has 0 saturated heterocycles. The Morgan fingerprint density at radius 1 is 1.00 bits per heavy atom. The molecule has 1 aliphatic rings. The molecular weight excluding hydrogens is 432 g/mol. The second kappa shape index (κ2) is 9.84. The van der Waals surface area contributed by atoms with Crippen LogP contribution >= 0.6 is 0 Å². The highest BCUT2D eigenvalue weighted by atomic mass is 16.6. The average molecular weight is 459 g/mol. The molecule has 1 atom stereocenters. The Kier molecular flexibility index (Phi) is 6.70. The maximum absolute atomic E-state index is 13.4. The van der Waals surface area contributed by atoms with E-state index < -0.39 is 10.8 Å². The second-order valence-electron chi connectivity index (χ2n) is 8.48. The number of hydrogen-bond donors (Lipinski definition) is 1. The molecule has 0 aliphatic carbocycles. The predicted molar refractivity (Wildman–Crippen MR) is 131 cm³/mol. The molecule has 1 N–H and O–H groups in total. The van der Waals surface area contributed by atoms with Crippen LogP contribution in [0.3, 0.4) is 0 Å². The van der Waals surface area contributed by atoms with E-state index in [4.69, 9.17) is 0 Å². The zero-order chi connectivity index (χ0) is 24.2. The Morgan fingerprint density at radius 2 is 1.74 bits per heavy atom. The third-order valence-electron chi connectivity index (χ3n) is 6.02. The minimum Gasteiger partial charge on any atom is -0.322 e. The molecule has 0 fully saturated rings. The van der Waals surface area contributed by atoms with Crippen molar-refractivity contribution in [2.24, 2.45) is 0 Å². The van der Waals surface area contributed by atoms with Crippen LogP contribution in [0.2, 0.25) is 0 Å². The Balaban J connectivity index is 1.52. The molecule has 8 nitrogen and oxygen atoms in total. The van der Waals surface area contributed by atoms with Crippen LogP contribution in [-0.2, 0) is 0 Å². The summed E-state index contributed by atoms with van der Waals surface area (Å²) in [5.41, 5.74) is 3.11. The fraction of sp³-hybridized carbons (Fsp3) is 0.231. The summed E-state index contributed by atoms with van der Waals surface area (Å²) in [5.74, 6) is -0.553. The number of carbonyl (C=O) groups excluding carboxylic acids is 2. The van der Waals surface area contributed by atoms with Gasteiger partial charge in [0.2, 0.25) is 0 Å². The molecule has 4 rings (SSSR count). The SMILES string of the molecule is CN(C)C1CCCN(C(=O)c2ccc(NC(=O)c3cccc([N+](=O)[O-])c3)cc2)c2ccccc21. The molecule has 1 heterocycles. The highest BCUT2D eigenvalue weighted by molar-refractivity contribution is 6.08. The van der Waals surface area contributed by atoms with Gasteiger partial charge in [0.15, 0.2) is 0 Å². The summed E-state index contributed by atoms with van der Waals surface area (Å²) in [4.78, 5) is 40.3. The number of nitrogens with one attached hydrogen (secondary N) is 1. The van der Waals surface area contributed by atoms with Gasteiger partial charge in [0.1, 0.15) is 0 Å². The van der Waals surface area contributed by atoms with Crippen LogP contribution in [0.1, 0.15) is 45.2 Å². The summed E-state index contributed by atoms with van der Waals surface area (Å²) in [6.45, 7) is 0.630. The molecule has 1 unspecified atom stereocenters. The van der Waals surface area contributed by atoms with E-state index in [2.05, 4.69) is 30.4 Å². The van der Waals surface area contributed by atoms with Crippen LogP contribution in [0.15, 0.2) is 72.8 Å². The Bertz CT molecular complexity index is 1220. The van der Waals surface area contributed by atoms with Gasteiger partial charge in [-0.3, -0.25) is 19.7 Å². The molecule has 34 heavy (non-hydrogen) atoms. The average Bonchev–Trinajstić information content (AvgIpc) is 3.04. The number of amides is 2. The van der Waals surface area contributed by atoms with Crippen LogP contribution in [0, 0.1) is 10.1 Å². The van der Waals surface area contributed by atoms with Gasteiger partial charge in [0.05, 0.1) is 4.92 Å². The van der Waals surface area contributed by atoms with Crippen LogP contribution < -0.4 is 10.2 Å². The summed E-state index contributed by atoms with van der Waals surface area (Å²) in [6, 6.07) is 20.5. The zero-order valence-corrected chi connectivity index (χ0v) is 19.1. The Morgan fingerprint density at radius 3 is 2.44 bits per heavy atom. The van der Waals surface area contributed by atoms with Crippen molar-refractivity contribution in [3.05, 3.63) is 99.6 Å². The molecule has 2 amide bonds. The van der Waals surface area contributed by atoms with Crippen molar-refractivity contribution >= 4 is 28.9 Å². The number of anilines is 2. The van der Waals surface area contributed by atoms with Gasteiger partial charge in [-0.15, -0.1) is 0 Å². The zero-order valence-electron chi connectivity index (χ0n) is 19.1. The van der Waals surface area contributed by atoms with Gasteiger partial charge >= 0.3 is 0 Å². The first kappa shape index (κ1) is 23.1. The highest BCUT2D eigenvalue weighted by Gasteiger charge is 2.27. The number of hydrogen-bond acceptors (Lipinski definition) is 5. The number of nitrogens with zero attached hydrogens (tertiary/aromatic N) is 3. The molecule has 0 bridgehead atoms. The topological polar surface area (TPSA) is 95.8 Å². The molecule has 174 valence electrons. The first-order valence-corrected chi connectivity index (χ1v) is 11.1. The normalized spacial score (nSPS) is 15.4. The van der Waals surface area contributed by atoms with E-state index in [-0.39, 0.29) is 23.2 Å². The first-order chi connectivity index (χ1) is 16.3. The maximum Gasteiger partial charge on any atom is 0.270 e. The minimum absolute atomic E-state index is 0.0941. The van der Waals surface area contributed by atoms with E-state index in [0.717, 1.165) is 24.1 Å². The number of nitro benzene ring substituents is 1. The van der Waals surface area contributed by atoms with E-state index >= 15 is 0 Å². The lowest BCUT2D eigenvalue weighted by molar-refractivity contribution is -0.384. The summed E-state index contributed by atoms with van der Waals surface area (Å²) >= 11 is 0. The van der Waals surface area contributed by atoms with Gasteiger partial charge in [0, 0.05) is 47.2 Å². The van der Waals surface area contributed by atoms with Gasteiger partial charge in [-0.25, -0.2) is 0 Å². The molecule has 0 saturated carbocycles. The summed E-state index contributed by atoms with van der Waals surface area (Å²) in [5, 5.41) is 13.7. The van der Waals surface area contributed by atoms with Crippen LogP contribution in [0.5, 0.6) is 0 Å². The summed E-state index contributed by atoms with van der Waals surface area (Å²) in [6.07, 6.45) is 1.86. The standard InChI is InChI=1S/C26H26N4O4/c1-28(2)23-11-6-16-29(24-10-4-3-9-22(23)24)26(32)18-12-14-20(15-13-18)27-25(31)19-7-5-8-21(17-19)30(33)34/h3-5,7-10,12-15,17,23H,6,11,16H2,1-2H3,(H,27,31). The largest absolute Gasteiger partial charge is 0.322 e. The second-order valence-corrected chi connectivity index (χ2v) is 8.48. The van der Waals surface area contributed by atoms with E-state index in [1.807, 2.05) is 23.1 Å². The maximum atomic E-state index is 13.4. The number of non-ortho nitro benzene ring substituents is 1. The van der Waals surface area contributed by atoms with Crippen LogP contribution in [0.4, 0.5) is 17.1 Å². The molecule has 8 heteroatoms. The third kappa shape index (κ3) is 4.82. The van der Waals surface area contributed by atoms with Crippen molar-refractivity contribution in [2.45, 2.75) is 18.9 Å². The number of benzene rings is 3. The van der Waals surface area contributed by atoms with E-state index in [0.29, 0.717) is 17.8 Å². The quantitative estimate of drug-likeness (QED) is 0.434. The Labute approximate surface area is 198 Å². The fourth-order valence-corrected chi connectivity index (χ4v) is 4.30. The molecule has 0 spiro atoms. The molecular formula is C26H26N4O4. The number of rotatable bonds is 5. The number of fused-ring (bicyclic) bond motifs is 1. The number of para-hydroxylation sites is 1. The molecule has 0 aromatic heterocycles. The van der Waals surface area contributed by atoms with Crippen molar-refractivity contribution in [3.63, 3.8) is 0 Å². The Hall–Kier alpha value is -4.04. The van der Waals surface area contributed by atoms with Gasteiger partial charge in [-0.1, -0.05) is 24.3 Å². The van der Waals surface area contributed by atoms with Gasteiger partial charge in [-0.2, -0.15) is 0 Å². The lowest BCUT2D eigenvalue weighted by atomic mass is 10.0. The van der Waals surface area contributed by atoms with Gasteiger partial charge in [-0.05, 0) is 68.9 Å². The van der Waals surface area contributed by atoms with Crippen molar-refractivity contribution in [1.29, 1.82) is 0 Å².